The molecule has 0 saturated carbocycles. The van der Waals surface area contributed by atoms with E-state index in [2.05, 4.69) is 9.97 Å². The second-order valence-electron chi connectivity index (χ2n) is 7.21. The number of hydrogen-bond acceptors (Lipinski definition) is 6. The maximum absolute atomic E-state index is 12.5. The highest BCUT2D eigenvalue weighted by Gasteiger charge is 2.31. The number of benzene rings is 2. The number of aromatic nitrogens is 2. The molecule has 2 heterocycles. The summed E-state index contributed by atoms with van der Waals surface area (Å²) < 4.78 is 81.3. The van der Waals surface area contributed by atoms with Crippen LogP contribution < -0.4 is 0 Å². The van der Waals surface area contributed by atoms with Gasteiger partial charge in [0.15, 0.2) is 0 Å². The van der Waals surface area contributed by atoms with Crippen molar-refractivity contribution in [3.05, 3.63) is 69.1 Å². The van der Waals surface area contributed by atoms with E-state index in [1.807, 2.05) is 0 Å². The number of allylic oxidation sites excluding steroid dienone is 2. The van der Waals surface area contributed by atoms with E-state index in [1.54, 1.807) is 13.0 Å². The van der Waals surface area contributed by atoms with Crippen LogP contribution in [0.25, 0.3) is 32.6 Å². The third-order valence-corrected chi connectivity index (χ3v) is 6.41. The summed E-state index contributed by atoms with van der Waals surface area (Å²) in [5.74, 6) is 0.727. The normalized spacial score (nSPS) is 13.2. The van der Waals surface area contributed by atoms with E-state index in [9.17, 15) is 26.3 Å². The van der Waals surface area contributed by atoms with E-state index in [0.29, 0.717) is 26.0 Å². The quantitative estimate of drug-likeness (QED) is 0.212. The largest absolute Gasteiger partial charge is 0.513 e. The zero-order valence-corrected chi connectivity index (χ0v) is 20.1. The van der Waals surface area contributed by atoms with Crippen LogP contribution in [-0.4, -0.2) is 22.2 Å². The first kappa shape index (κ1) is 26.5. The summed E-state index contributed by atoms with van der Waals surface area (Å²) in [5, 5.41) is 10.2. The number of aliphatic hydroxyl groups is 1. The van der Waals surface area contributed by atoms with Crippen LogP contribution in [0.4, 0.5) is 26.3 Å². The lowest BCUT2D eigenvalue weighted by molar-refractivity contribution is -0.138. The number of nitrogens with zero attached hydrogens (tertiary/aromatic N) is 2. The lowest BCUT2D eigenvalue weighted by Crippen LogP contribution is -2.03. The molecule has 35 heavy (non-hydrogen) atoms. The molecule has 0 saturated heterocycles. The van der Waals surface area contributed by atoms with Crippen LogP contribution in [0.15, 0.2) is 47.9 Å². The maximum Gasteiger partial charge on any atom is 0.416 e. The Bertz CT molecular complexity index is 1400. The molecule has 186 valence electrons. The molecule has 2 aromatic carbocycles. The van der Waals surface area contributed by atoms with Crippen molar-refractivity contribution in [2.75, 3.05) is 7.11 Å². The Morgan fingerprint density at radius 2 is 1.23 bits per heavy atom. The number of methoxy groups -OCH3 is 1. The first-order valence-corrected chi connectivity index (χ1v) is 11.4. The molecule has 4 aromatic rings. The molecule has 0 radical (unpaired) electrons. The van der Waals surface area contributed by atoms with Crippen molar-refractivity contribution in [1.82, 2.24) is 9.97 Å². The molecule has 0 aliphatic heterocycles. The standard InChI is InChI=1S/C12H10F3NOS.C11H8F3NOS/c1-7(17-2)5-11-16-9-6-8(12(13,14)15)3-4-10(9)18-11;1-6(16)4-10-15-8-5-7(11(12,13)14)2-3-9(8)17-10/h3-6H,1-2H3;2-5,16H,1H3/b7-5-;6-4-. The van der Waals surface area contributed by atoms with E-state index < -0.39 is 23.5 Å². The van der Waals surface area contributed by atoms with E-state index >= 15 is 0 Å². The molecule has 2 aromatic heterocycles. The number of thiazole rings is 2. The predicted octanol–water partition coefficient (Wildman–Crippen LogP) is 8.56. The van der Waals surface area contributed by atoms with Crippen molar-refractivity contribution in [3.63, 3.8) is 0 Å². The summed E-state index contributed by atoms with van der Waals surface area (Å²) in [7, 11) is 1.53. The molecular weight excluding hydrogens is 514 g/mol. The monoisotopic (exact) mass is 532 g/mol. The Kier molecular flexibility index (Phi) is 7.75. The summed E-state index contributed by atoms with van der Waals surface area (Å²) in [5.41, 5.74) is -0.756. The molecule has 0 atom stereocenters. The van der Waals surface area contributed by atoms with Crippen LogP contribution in [0.1, 0.15) is 35.0 Å². The molecule has 0 unspecified atom stereocenters. The Morgan fingerprint density at radius 3 is 1.60 bits per heavy atom. The Morgan fingerprint density at radius 1 is 0.800 bits per heavy atom. The van der Waals surface area contributed by atoms with Crippen molar-refractivity contribution in [2.45, 2.75) is 26.2 Å². The van der Waals surface area contributed by atoms with Gasteiger partial charge in [0.05, 0.1) is 50.2 Å². The number of hydrogen-bond donors (Lipinski definition) is 1. The van der Waals surface area contributed by atoms with Crippen LogP contribution in [0.2, 0.25) is 0 Å². The molecule has 0 aliphatic carbocycles. The van der Waals surface area contributed by atoms with Crippen molar-refractivity contribution in [2.24, 2.45) is 0 Å². The molecular formula is C23H18F6N2O2S2. The number of halogens is 6. The number of fused-ring (bicyclic) bond motifs is 2. The summed E-state index contributed by atoms with van der Waals surface area (Å²) in [6.45, 7) is 3.24. The van der Waals surface area contributed by atoms with E-state index in [1.165, 1.54) is 54.9 Å². The van der Waals surface area contributed by atoms with Crippen LogP contribution in [0.5, 0.6) is 0 Å². The Labute approximate surface area is 203 Å². The van der Waals surface area contributed by atoms with Gasteiger partial charge in [0.1, 0.15) is 10.0 Å². The summed E-state index contributed by atoms with van der Waals surface area (Å²) in [6, 6.07) is 6.99. The molecule has 12 heteroatoms. The van der Waals surface area contributed by atoms with Gasteiger partial charge in [-0.15, -0.1) is 22.7 Å². The summed E-state index contributed by atoms with van der Waals surface area (Å²) in [4.78, 5) is 8.15. The minimum atomic E-state index is -4.36. The maximum atomic E-state index is 12.5. The minimum absolute atomic E-state index is 0.0695. The van der Waals surface area contributed by atoms with Crippen molar-refractivity contribution in [3.8, 4) is 0 Å². The van der Waals surface area contributed by atoms with Crippen LogP contribution >= 0.6 is 22.7 Å². The SMILES string of the molecule is C/C(O)=C/c1nc2cc(C(F)(F)F)ccc2s1.CO/C(C)=C\c1nc2cc(C(F)(F)F)ccc2s1. The highest BCUT2D eigenvalue weighted by Crippen LogP contribution is 2.34. The summed E-state index contributed by atoms with van der Waals surface area (Å²) in [6.07, 6.45) is -5.59. The number of aliphatic hydroxyl groups excluding tert-OH is 1. The Hall–Kier alpha value is -3.12. The highest BCUT2D eigenvalue weighted by atomic mass is 32.1. The van der Waals surface area contributed by atoms with Gasteiger partial charge in [-0.3, -0.25) is 0 Å². The van der Waals surface area contributed by atoms with E-state index in [-0.39, 0.29) is 11.3 Å². The predicted molar refractivity (Wildman–Crippen MR) is 126 cm³/mol. The zero-order valence-electron chi connectivity index (χ0n) is 18.5. The van der Waals surface area contributed by atoms with Crippen LogP contribution in [0.3, 0.4) is 0 Å². The third kappa shape index (κ3) is 6.95. The third-order valence-electron chi connectivity index (χ3n) is 4.44. The average molecular weight is 533 g/mol. The molecule has 0 aliphatic rings. The second kappa shape index (κ2) is 10.2. The van der Waals surface area contributed by atoms with Gasteiger partial charge in [0, 0.05) is 12.2 Å². The first-order chi connectivity index (χ1) is 16.3. The molecule has 0 spiro atoms. The Balaban J connectivity index is 0.000000196. The lowest BCUT2D eigenvalue weighted by atomic mass is 10.2. The molecule has 0 amide bonds. The van der Waals surface area contributed by atoms with E-state index in [4.69, 9.17) is 9.84 Å². The molecule has 4 nitrogen and oxygen atoms in total. The summed E-state index contributed by atoms with van der Waals surface area (Å²) >= 11 is 2.56. The second-order valence-corrected chi connectivity index (χ2v) is 9.33. The van der Waals surface area contributed by atoms with Gasteiger partial charge in [-0.1, -0.05) is 0 Å². The average Bonchev–Trinajstić information content (AvgIpc) is 3.33. The van der Waals surface area contributed by atoms with Crippen LogP contribution in [0, 0.1) is 0 Å². The number of ether oxygens (including phenoxy) is 1. The van der Waals surface area contributed by atoms with Gasteiger partial charge in [-0.2, -0.15) is 26.3 Å². The fourth-order valence-corrected chi connectivity index (χ4v) is 4.66. The van der Waals surface area contributed by atoms with Crippen LogP contribution in [-0.2, 0) is 17.1 Å². The lowest BCUT2D eigenvalue weighted by Gasteiger charge is -2.04. The van der Waals surface area contributed by atoms with E-state index in [0.717, 1.165) is 29.0 Å². The van der Waals surface area contributed by atoms with Gasteiger partial charge in [0.2, 0.25) is 0 Å². The van der Waals surface area contributed by atoms with Crippen molar-refractivity contribution < 1.29 is 36.2 Å². The van der Waals surface area contributed by atoms with Gasteiger partial charge in [0.25, 0.3) is 0 Å². The fraction of sp³-hybridized carbons (Fsp3) is 0.217. The molecule has 0 fully saturated rings. The number of rotatable bonds is 3. The molecule has 1 N–H and O–H groups in total. The zero-order chi connectivity index (χ0) is 26.0. The first-order valence-electron chi connectivity index (χ1n) is 9.81. The smallest absolute Gasteiger partial charge is 0.416 e. The van der Waals surface area contributed by atoms with Gasteiger partial charge >= 0.3 is 12.4 Å². The highest BCUT2D eigenvalue weighted by molar-refractivity contribution is 7.19. The van der Waals surface area contributed by atoms with Gasteiger partial charge in [-0.05, 0) is 50.2 Å². The van der Waals surface area contributed by atoms with Crippen molar-refractivity contribution >= 4 is 55.3 Å². The molecule has 4 rings (SSSR count). The van der Waals surface area contributed by atoms with Crippen molar-refractivity contribution in [1.29, 1.82) is 0 Å². The topological polar surface area (TPSA) is 55.2 Å². The molecule has 0 bridgehead atoms. The fourth-order valence-electron chi connectivity index (χ4n) is 2.78. The number of alkyl halides is 6. The minimum Gasteiger partial charge on any atom is -0.513 e. The van der Waals surface area contributed by atoms with Gasteiger partial charge in [-0.25, -0.2) is 9.97 Å². The van der Waals surface area contributed by atoms with Gasteiger partial charge < -0.3 is 9.84 Å².